The maximum Gasteiger partial charge on any atom is 0.164 e. The van der Waals surface area contributed by atoms with Gasteiger partial charge in [-0.25, -0.2) is 0 Å². The Kier molecular flexibility index (Phi) is 5.13. The van der Waals surface area contributed by atoms with Crippen molar-refractivity contribution in [2.45, 2.75) is 84.4 Å². The molecule has 3 fully saturated rings. The lowest BCUT2D eigenvalue weighted by Gasteiger charge is -2.55. The van der Waals surface area contributed by atoms with Crippen LogP contribution in [-0.2, 0) is 23.7 Å². The fourth-order valence-corrected chi connectivity index (χ4v) is 6.28. The van der Waals surface area contributed by atoms with Crippen molar-refractivity contribution < 1.29 is 23.7 Å². The molecule has 4 rings (SSSR count). The predicted octanol–water partition coefficient (Wildman–Crippen LogP) is 4.41. The predicted molar refractivity (Wildman–Crippen MR) is 110 cm³/mol. The van der Waals surface area contributed by atoms with Gasteiger partial charge in [0.25, 0.3) is 0 Å². The van der Waals surface area contributed by atoms with E-state index in [-0.39, 0.29) is 53.6 Å². The number of carbonyl (C=O) groups is 1. The first-order valence-electron chi connectivity index (χ1n) is 10.9. The van der Waals surface area contributed by atoms with Gasteiger partial charge >= 0.3 is 0 Å². The summed E-state index contributed by atoms with van der Waals surface area (Å²) in [6, 6.07) is 0. The summed E-state index contributed by atoms with van der Waals surface area (Å²) in [4.78, 5) is 12.7. The molecular weight excluding hydrogens is 368 g/mol. The first-order valence-corrected chi connectivity index (χ1v) is 10.9. The highest BCUT2D eigenvalue weighted by atomic mass is 16.8. The van der Waals surface area contributed by atoms with E-state index >= 15 is 0 Å². The van der Waals surface area contributed by atoms with Crippen molar-refractivity contribution in [3.8, 4) is 0 Å². The van der Waals surface area contributed by atoms with E-state index in [1.165, 1.54) is 0 Å². The maximum atomic E-state index is 12.7. The van der Waals surface area contributed by atoms with Gasteiger partial charge in [0.15, 0.2) is 11.6 Å². The summed E-state index contributed by atoms with van der Waals surface area (Å²) in [6.45, 7) is 15.6. The summed E-state index contributed by atoms with van der Waals surface area (Å²) in [5.74, 6) is -0.0100. The maximum absolute atomic E-state index is 12.7. The molecule has 0 aromatic heterocycles. The number of ether oxygens (including phenoxy) is 4. The lowest BCUT2D eigenvalue weighted by atomic mass is 9.51. The van der Waals surface area contributed by atoms with E-state index in [1.54, 1.807) is 7.11 Å². The Balaban J connectivity index is 1.80. The van der Waals surface area contributed by atoms with Gasteiger partial charge in [0.2, 0.25) is 0 Å². The highest BCUT2D eigenvalue weighted by Crippen LogP contribution is 2.61. The molecule has 3 aliphatic carbocycles. The number of rotatable bonds is 3. The summed E-state index contributed by atoms with van der Waals surface area (Å²) >= 11 is 0. The Hall–Kier alpha value is -1.01. The molecule has 0 unspecified atom stereocenters. The van der Waals surface area contributed by atoms with E-state index in [2.05, 4.69) is 27.4 Å². The molecule has 0 radical (unpaired) electrons. The molecule has 0 aromatic carbocycles. The van der Waals surface area contributed by atoms with Gasteiger partial charge in [-0.3, -0.25) is 4.79 Å². The second kappa shape index (κ2) is 7.01. The average Bonchev–Trinajstić information content (AvgIpc) is 2.96. The third kappa shape index (κ3) is 3.34. The van der Waals surface area contributed by atoms with Gasteiger partial charge < -0.3 is 18.9 Å². The van der Waals surface area contributed by atoms with Gasteiger partial charge in [0.1, 0.15) is 12.9 Å². The minimum absolute atomic E-state index is 0.0151. The van der Waals surface area contributed by atoms with E-state index in [4.69, 9.17) is 18.9 Å². The average molecular weight is 405 g/mol. The molecule has 1 aliphatic heterocycles. The number of allylic oxidation sites excluding steroid dienone is 1. The van der Waals surface area contributed by atoms with Crippen LogP contribution < -0.4 is 0 Å². The molecule has 4 aliphatic rings. The van der Waals surface area contributed by atoms with Crippen LogP contribution in [0, 0.1) is 22.7 Å². The second-order valence-corrected chi connectivity index (χ2v) is 10.6. The van der Waals surface area contributed by atoms with Crippen LogP contribution in [-0.4, -0.2) is 43.8 Å². The molecule has 29 heavy (non-hydrogen) atoms. The fraction of sp³-hybridized carbons (Fsp3) is 0.792. The van der Waals surface area contributed by atoms with Crippen molar-refractivity contribution in [1.82, 2.24) is 0 Å². The standard InChI is InChI=1S/C24H36O5/c1-14-17-11-15-10-16(25)12-18(22(15,2)3)20-21(29-23(4,5)28-20)24(17,6)9-8-19(14)27-13-26-7/h12,15,17,19-21H,1,8-11,13H2,2-7H3/t15-,17+,19-,20+,21-,24+/m0/s1. The molecule has 5 heteroatoms. The van der Waals surface area contributed by atoms with Gasteiger partial charge in [-0.2, -0.15) is 0 Å². The van der Waals surface area contributed by atoms with E-state index in [0.717, 1.165) is 30.4 Å². The Morgan fingerprint density at radius 3 is 2.62 bits per heavy atom. The fourth-order valence-electron chi connectivity index (χ4n) is 6.28. The van der Waals surface area contributed by atoms with Crippen LogP contribution >= 0.6 is 0 Å². The molecule has 0 amide bonds. The zero-order valence-electron chi connectivity index (χ0n) is 18.7. The van der Waals surface area contributed by atoms with Crippen LogP contribution in [0.4, 0.5) is 0 Å². The summed E-state index contributed by atoms with van der Waals surface area (Å²) in [5.41, 5.74) is 1.99. The molecule has 0 spiro atoms. The molecule has 2 bridgehead atoms. The van der Waals surface area contributed by atoms with Crippen molar-refractivity contribution in [3.05, 3.63) is 23.8 Å². The van der Waals surface area contributed by atoms with Crippen LogP contribution in [0.5, 0.6) is 0 Å². The third-order valence-electron chi connectivity index (χ3n) is 8.09. The highest BCUT2D eigenvalue weighted by Gasteiger charge is 2.61. The van der Waals surface area contributed by atoms with E-state index in [9.17, 15) is 4.79 Å². The zero-order chi connectivity index (χ0) is 21.2. The van der Waals surface area contributed by atoms with Gasteiger partial charge in [-0.05, 0) is 67.6 Å². The number of methoxy groups -OCH3 is 1. The normalized spacial score (nSPS) is 43.1. The number of hydrogen-bond acceptors (Lipinski definition) is 5. The Morgan fingerprint density at radius 2 is 1.93 bits per heavy atom. The van der Waals surface area contributed by atoms with Crippen LogP contribution in [0.25, 0.3) is 0 Å². The molecule has 0 N–H and O–H groups in total. The van der Waals surface area contributed by atoms with Crippen molar-refractivity contribution in [3.63, 3.8) is 0 Å². The number of fused-ring (bicyclic) bond motifs is 6. The molecule has 0 aromatic rings. The number of hydrogen-bond donors (Lipinski definition) is 0. The van der Waals surface area contributed by atoms with Crippen LogP contribution in [0.15, 0.2) is 23.8 Å². The summed E-state index contributed by atoms with van der Waals surface area (Å²) < 4.78 is 24.2. The quantitative estimate of drug-likeness (QED) is 0.515. The molecule has 2 saturated carbocycles. The minimum Gasteiger partial charge on any atom is -0.359 e. The lowest BCUT2D eigenvalue weighted by molar-refractivity contribution is -0.165. The summed E-state index contributed by atoms with van der Waals surface area (Å²) in [7, 11) is 1.64. The largest absolute Gasteiger partial charge is 0.359 e. The molecule has 6 atom stereocenters. The molecular formula is C24H36O5. The summed E-state index contributed by atoms with van der Waals surface area (Å²) in [6.07, 6.45) is 4.90. The zero-order valence-corrected chi connectivity index (χ0v) is 18.7. The van der Waals surface area contributed by atoms with E-state index in [1.807, 2.05) is 19.9 Å². The first kappa shape index (κ1) is 21.2. The molecule has 1 heterocycles. The van der Waals surface area contributed by atoms with Crippen LogP contribution in [0.3, 0.4) is 0 Å². The SMILES string of the molecule is C=C1[C@@H](OCOC)CC[C@]2(C)[C@@H]1C[C@@H]1CC(=O)C=C([C@H]3OC(C)(C)O[C@@H]32)C1(C)C. The monoisotopic (exact) mass is 404 g/mol. The van der Waals surface area contributed by atoms with E-state index < -0.39 is 5.79 Å². The van der Waals surface area contributed by atoms with Gasteiger partial charge in [-0.15, -0.1) is 0 Å². The Labute approximate surface area is 174 Å². The third-order valence-corrected chi connectivity index (χ3v) is 8.09. The Morgan fingerprint density at radius 1 is 1.21 bits per heavy atom. The molecule has 5 nitrogen and oxygen atoms in total. The highest BCUT2D eigenvalue weighted by molar-refractivity contribution is 5.92. The topological polar surface area (TPSA) is 54.0 Å². The number of ketones is 1. The van der Waals surface area contributed by atoms with Crippen molar-refractivity contribution in [1.29, 1.82) is 0 Å². The van der Waals surface area contributed by atoms with Gasteiger partial charge in [-0.1, -0.05) is 27.4 Å². The van der Waals surface area contributed by atoms with Gasteiger partial charge in [0, 0.05) is 18.9 Å². The first-order chi connectivity index (χ1) is 13.5. The van der Waals surface area contributed by atoms with E-state index in [0.29, 0.717) is 6.42 Å². The smallest absolute Gasteiger partial charge is 0.164 e. The van der Waals surface area contributed by atoms with Gasteiger partial charge in [0.05, 0.1) is 12.2 Å². The van der Waals surface area contributed by atoms with Crippen LogP contribution in [0.1, 0.15) is 60.3 Å². The summed E-state index contributed by atoms with van der Waals surface area (Å²) in [5, 5.41) is 0. The van der Waals surface area contributed by atoms with Crippen molar-refractivity contribution >= 4 is 5.78 Å². The molecule has 1 saturated heterocycles. The van der Waals surface area contributed by atoms with Crippen molar-refractivity contribution in [2.24, 2.45) is 22.7 Å². The van der Waals surface area contributed by atoms with Crippen LogP contribution in [0.2, 0.25) is 0 Å². The van der Waals surface area contributed by atoms with Crippen molar-refractivity contribution in [2.75, 3.05) is 13.9 Å². The second-order valence-electron chi connectivity index (χ2n) is 10.6. The number of carbonyl (C=O) groups excluding carboxylic acids is 1. The minimum atomic E-state index is -0.676. The lowest BCUT2D eigenvalue weighted by Crippen LogP contribution is -2.55. The molecule has 162 valence electrons. The Bertz CT molecular complexity index is 736.